The number of aryl methyl sites for hydroxylation is 1. The molecule has 0 saturated heterocycles. The number of pyridine rings is 1. The lowest BCUT2D eigenvalue weighted by atomic mass is 10.2. The summed E-state index contributed by atoms with van der Waals surface area (Å²) < 4.78 is 75.8. The first-order valence-electron chi connectivity index (χ1n) is 9.12. The van der Waals surface area contributed by atoms with Crippen molar-refractivity contribution >= 4 is 26.6 Å². The van der Waals surface area contributed by atoms with Crippen LogP contribution in [0.3, 0.4) is 0 Å². The fraction of sp³-hybridized carbons (Fsp3) is 0.211. The minimum absolute atomic E-state index is 0.0838. The number of nitrogens with one attached hydrogen (secondary N) is 1. The molecular formula is C19H17F3N6O3S. The van der Waals surface area contributed by atoms with E-state index < -0.39 is 21.8 Å². The molecule has 1 N–H and O–H groups in total. The predicted octanol–water partition coefficient (Wildman–Crippen LogP) is 3.29. The molecule has 3 aromatic heterocycles. The van der Waals surface area contributed by atoms with Gasteiger partial charge in [-0.15, -0.1) is 0 Å². The van der Waals surface area contributed by atoms with Gasteiger partial charge in [0.2, 0.25) is 0 Å². The Hall–Kier alpha value is -3.61. The second-order valence-electron chi connectivity index (χ2n) is 6.86. The highest BCUT2D eigenvalue weighted by Gasteiger charge is 2.31. The van der Waals surface area contributed by atoms with Gasteiger partial charge < -0.3 is 4.74 Å². The molecule has 3 heterocycles. The fourth-order valence-corrected chi connectivity index (χ4v) is 4.54. The van der Waals surface area contributed by atoms with Crippen LogP contribution in [0.25, 0.3) is 16.7 Å². The average Bonchev–Trinajstić information content (AvgIpc) is 3.31. The molecule has 0 amide bonds. The van der Waals surface area contributed by atoms with Crippen molar-refractivity contribution in [3.05, 3.63) is 54.1 Å². The van der Waals surface area contributed by atoms with Crippen molar-refractivity contribution in [2.75, 3.05) is 11.8 Å². The minimum Gasteiger partial charge on any atom is -0.494 e. The molecule has 4 aromatic rings. The van der Waals surface area contributed by atoms with Gasteiger partial charge in [0.15, 0.2) is 5.82 Å². The normalized spacial score (nSPS) is 12.3. The smallest absolute Gasteiger partial charge is 0.416 e. The number of benzene rings is 1. The number of rotatable bonds is 5. The Morgan fingerprint density at radius 1 is 1.12 bits per heavy atom. The van der Waals surface area contributed by atoms with Crippen LogP contribution in [0.15, 0.2) is 47.8 Å². The molecule has 0 unspecified atom stereocenters. The molecule has 0 aliphatic rings. The van der Waals surface area contributed by atoms with E-state index in [4.69, 9.17) is 4.74 Å². The van der Waals surface area contributed by atoms with E-state index in [1.54, 1.807) is 25.4 Å². The molecule has 13 heteroatoms. The van der Waals surface area contributed by atoms with Crippen molar-refractivity contribution < 1.29 is 26.3 Å². The van der Waals surface area contributed by atoms with Crippen LogP contribution >= 0.6 is 0 Å². The standard InChI is InChI=1S/C19H17F3N6O3S/c1-11-15(10-25-28(11)16-8-13(6-7-23-16)19(20,21)22)32(29,30)26-17-14(31-3)5-4-12-9-24-27(2)18(12)17/h4-10,26H,1-3H3. The number of ether oxygens (including phenoxy) is 1. The van der Waals surface area contributed by atoms with Gasteiger partial charge >= 0.3 is 6.18 Å². The minimum atomic E-state index is -4.58. The van der Waals surface area contributed by atoms with Crippen LogP contribution in [0.5, 0.6) is 5.75 Å². The van der Waals surface area contributed by atoms with Crippen LogP contribution in [0.2, 0.25) is 0 Å². The van der Waals surface area contributed by atoms with Gasteiger partial charge in [-0.05, 0) is 31.2 Å². The second kappa shape index (κ2) is 7.51. The molecule has 168 valence electrons. The number of nitrogens with zero attached hydrogens (tertiary/aromatic N) is 5. The zero-order valence-corrected chi connectivity index (χ0v) is 17.9. The maximum absolute atomic E-state index is 13.2. The second-order valence-corrected chi connectivity index (χ2v) is 8.51. The van der Waals surface area contributed by atoms with Crippen LogP contribution in [-0.2, 0) is 23.2 Å². The summed E-state index contributed by atoms with van der Waals surface area (Å²) in [5.74, 6) is 0.111. The van der Waals surface area contributed by atoms with Gasteiger partial charge in [-0.1, -0.05) is 0 Å². The zero-order valence-electron chi connectivity index (χ0n) is 17.0. The van der Waals surface area contributed by atoms with E-state index in [0.29, 0.717) is 10.9 Å². The van der Waals surface area contributed by atoms with Gasteiger partial charge in [-0.3, -0.25) is 9.40 Å². The van der Waals surface area contributed by atoms with Crippen LogP contribution in [-0.4, -0.2) is 40.1 Å². The lowest BCUT2D eigenvalue weighted by molar-refractivity contribution is -0.137. The summed E-state index contributed by atoms with van der Waals surface area (Å²) >= 11 is 0. The van der Waals surface area contributed by atoms with Crippen LogP contribution in [0.4, 0.5) is 18.9 Å². The molecule has 0 aliphatic heterocycles. The Bertz CT molecular complexity index is 1430. The summed E-state index contributed by atoms with van der Waals surface area (Å²) in [5.41, 5.74) is -0.167. The Morgan fingerprint density at radius 2 is 1.88 bits per heavy atom. The van der Waals surface area contributed by atoms with E-state index >= 15 is 0 Å². The van der Waals surface area contributed by atoms with E-state index in [1.807, 2.05) is 0 Å². The van der Waals surface area contributed by atoms with Gasteiger partial charge in [0.1, 0.15) is 16.3 Å². The van der Waals surface area contributed by atoms with Gasteiger partial charge in [0.25, 0.3) is 10.0 Å². The maximum atomic E-state index is 13.2. The van der Waals surface area contributed by atoms with Crippen LogP contribution in [0.1, 0.15) is 11.3 Å². The lowest BCUT2D eigenvalue weighted by Crippen LogP contribution is -2.16. The monoisotopic (exact) mass is 466 g/mol. The maximum Gasteiger partial charge on any atom is 0.416 e. The number of hydrogen-bond donors (Lipinski definition) is 1. The van der Waals surface area contributed by atoms with Crippen LogP contribution in [0, 0.1) is 6.92 Å². The van der Waals surface area contributed by atoms with E-state index in [1.165, 1.54) is 18.7 Å². The first-order valence-corrected chi connectivity index (χ1v) is 10.6. The van der Waals surface area contributed by atoms with E-state index in [0.717, 1.165) is 29.2 Å². The van der Waals surface area contributed by atoms with Crippen molar-refractivity contribution in [1.82, 2.24) is 24.5 Å². The Morgan fingerprint density at radius 3 is 2.56 bits per heavy atom. The molecule has 0 aliphatic carbocycles. The summed E-state index contributed by atoms with van der Waals surface area (Å²) in [5, 5.41) is 8.77. The van der Waals surface area contributed by atoms with Crippen LogP contribution < -0.4 is 9.46 Å². The number of methoxy groups -OCH3 is 1. The molecule has 0 atom stereocenters. The highest BCUT2D eigenvalue weighted by Crippen LogP contribution is 2.35. The van der Waals surface area contributed by atoms with Crippen molar-refractivity contribution in [2.24, 2.45) is 7.05 Å². The lowest BCUT2D eigenvalue weighted by Gasteiger charge is -2.14. The number of halogens is 3. The highest BCUT2D eigenvalue weighted by molar-refractivity contribution is 7.92. The first kappa shape index (κ1) is 21.6. The van der Waals surface area contributed by atoms with Crippen molar-refractivity contribution in [1.29, 1.82) is 0 Å². The van der Waals surface area contributed by atoms with Crippen molar-refractivity contribution in [2.45, 2.75) is 18.0 Å². The molecule has 0 saturated carbocycles. The molecular weight excluding hydrogens is 449 g/mol. The molecule has 0 bridgehead atoms. The molecule has 9 nitrogen and oxygen atoms in total. The third-order valence-corrected chi connectivity index (χ3v) is 6.32. The fourth-order valence-electron chi connectivity index (χ4n) is 3.31. The molecule has 0 spiro atoms. The van der Waals surface area contributed by atoms with Crippen molar-refractivity contribution in [3.63, 3.8) is 0 Å². The van der Waals surface area contributed by atoms with Gasteiger partial charge in [0, 0.05) is 18.6 Å². The predicted molar refractivity (Wildman–Crippen MR) is 109 cm³/mol. The highest BCUT2D eigenvalue weighted by atomic mass is 32.2. The summed E-state index contributed by atoms with van der Waals surface area (Å²) in [4.78, 5) is 3.67. The topological polar surface area (TPSA) is 104 Å². The number of hydrogen-bond acceptors (Lipinski definition) is 6. The van der Waals surface area contributed by atoms with Gasteiger partial charge in [-0.25, -0.2) is 18.1 Å². The molecule has 1 aromatic carbocycles. The molecule has 4 rings (SSSR count). The van der Waals surface area contributed by atoms with Gasteiger partial charge in [0.05, 0.1) is 36.3 Å². The molecule has 0 fully saturated rings. The number of fused-ring (bicyclic) bond motifs is 1. The third-order valence-electron chi connectivity index (χ3n) is 4.86. The Kier molecular flexibility index (Phi) is 5.07. The summed E-state index contributed by atoms with van der Waals surface area (Å²) in [7, 11) is -1.14. The Balaban J connectivity index is 1.78. The van der Waals surface area contributed by atoms with E-state index in [2.05, 4.69) is 19.9 Å². The number of alkyl halides is 3. The van der Waals surface area contributed by atoms with Crippen molar-refractivity contribution in [3.8, 4) is 11.6 Å². The van der Waals surface area contributed by atoms with E-state index in [9.17, 15) is 21.6 Å². The number of sulfonamides is 1. The van der Waals surface area contributed by atoms with E-state index in [-0.39, 0.29) is 27.8 Å². The largest absolute Gasteiger partial charge is 0.494 e. The zero-order chi connectivity index (χ0) is 23.3. The number of aromatic nitrogens is 5. The van der Waals surface area contributed by atoms with Gasteiger partial charge in [-0.2, -0.15) is 23.4 Å². The number of anilines is 1. The molecule has 32 heavy (non-hydrogen) atoms. The summed E-state index contributed by atoms with van der Waals surface area (Å²) in [6, 6.07) is 4.96. The summed E-state index contributed by atoms with van der Waals surface area (Å²) in [6.07, 6.45) is -0.960. The third kappa shape index (κ3) is 3.64. The average molecular weight is 466 g/mol. The summed E-state index contributed by atoms with van der Waals surface area (Å²) in [6.45, 7) is 1.42. The molecule has 0 radical (unpaired) electrons. The quantitative estimate of drug-likeness (QED) is 0.484. The Labute approximate surface area is 180 Å². The first-order chi connectivity index (χ1) is 15.0. The SMILES string of the molecule is COc1ccc2cnn(C)c2c1NS(=O)(=O)c1cnn(-c2cc(C(F)(F)F)ccn2)c1C.